The Bertz CT molecular complexity index is 676. The first-order valence-electron chi connectivity index (χ1n) is 6.18. The van der Waals surface area contributed by atoms with Crippen molar-refractivity contribution in [3.8, 4) is 0 Å². The van der Waals surface area contributed by atoms with Crippen molar-refractivity contribution in [3.05, 3.63) is 30.1 Å². The van der Waals surface area contributed by atoms with Crippen molar-refractivity contribution in [2.45, 2.75) is 19.5 Å². The summed E-state index contributed by atoms with van der Waals surface area (Å²) in [5.74, 6) is 1.04. The fourth-order valence-electron chi connectivity index (χ4n) is 2.13. The van der Waals surface area contributed by atoms with Gasteiger partial charge in [-0.25, -0.2) is 13.4 Å². The molecule has 0 saturated heterocycles. The van der Waals surface area contributed by atoms with Crippen molar-refractivity contribution in [2.75, 3.05) is 12.0 Å². The van der Waals surface area contributed by atoms with E-state index in [1.165, 1.54) is 6.26 Å². The molecule has 6 heteroatoms. The molecule has 0 saturated carbocycles. The van der Waals surface area contributed by atoms with E-state index in [2.05, 4.69) is 10.3 Å². The van der Waals surface area contributed by atoms with Crippen LogP contribution < -0.4 is 5.32 Å². The van der Waals surface area contributed by atoms with Gasteiger partial charge >= 0.3 is 0 Å². The number of sulfone groups is 1. The van der Waals surface area contributed by atoms with Gasteiger partial charge in [-0.1, -0.05) is 12.1 Å². The third-order valence-electron chi connectivity index (χ3n) is 3.04. The van der Waals surface area contributed by atoms with Crippen LogP contribution in [0.15, 0.2) is 24.3 Å². The zero-order valence-electron chi connectivity index (χ0n) is 11.4. The van der Waals surface area contributed by atoms with Crippen LogP contribution in [0.2, 0.25) is 0 Å². The number of aryl methyl sites for hydroxylation is 1. The van der Waals surface area contributed by atoms with Crippen LogP contribution in [0.3, 0.4) is 0 Å². The van der Waals surface area contributed by atoms with Gasteiger partial charge in [-0.05, 0) is 19.1 Å². The molecule has 104 valence electrons. The summed E-state index contributed by atoms with van der Waals surface area (Å²) in [4.78, 5) is 4.53. The smallest absolute Gasteiger partial charge is 0.148 e. The number of nitrogens with zero attached hydrogens (tertiary/aromatic N) is 2. The number of para-hydroxylation sites is 2. The van der Waals surface area contributed by atoms with Crippen molar-refractivity contribution in [1.29, 1.82) is 0 Å². The largest absolute Gasteiger partial charge is 0.330 e. The summed E-state index contributed by atoms with van der Waals surface area (Å²) in [5, 5.41) is 3.19. The Hall–Kier alpha value is -1.40. The number of imidazole rings is 1. The molecule has 0 aliphatic heterocycles. The Balaban J connectivity index is 2.08. The first kappa shape index (κ1) is 14.0. The molecule has 0 amide bonds. The van der Waals surface area contributed by atoms with Gasteiger partial charge in [0, 0.05) is 19.3 Å². The van der Waals surface area contributed by atoms with Crippen molar-refractivity contribution in [3.63, 3.8) is 0 Å². The van der Waals surface area contributed by atoms with Crippen molar-refractivity contribution in [1.82, 2.24) is 14.9 Å². The highest BCUT2D eigenvalue weighted by Crippen LogP contribution is 2.13. The van der Waals surface area contributed by atoms with Crippen LogP contribution in [0.5, 0.6) is 0 Å². The first-order chi connectivity index (χ1) is 8.87. The number of fused-ring (bicyclic) bond motifs is 1. The quantitative estimate of drug-likeness (QED) is 0.891. The summed E-state index contributed by atoms with van der Waals surface area (Å²) in [6, 6.07) is 7.84. The fourth-order valence-corrected chi connectivity index (χ4v) is 3.16. The van der Waals surface area contributed by atoms with Gasteiger partial charge in [-0.2, -0.15) is 0 Å². The summed E-state index contributed by atoms with van der Waals surface area (Å²) in [6.45, 7) is 2.42. The van der Waals surface area contributed by atoms with E-state index in [4.69, 9.17) is 0 Å². The molecule has 1 heterocycles. The van der Waals surface area contributed by atoms with E-state index in [0.717, 1.165) is 16.9 Å². The van der Waals surface area contributed by atoms with E-state index >= 15 is 0 Å². The molecular formula is C13H19N3O2S. The second kappa shape index (κ2) is 5.30. The lowest BCUT2D eigenvalue weighted by Gasteiger charge is -2.12. The van der Waals surface area contributed by atoms with Gasteiger partial charge in [-0.3, -0.25) is 0 Å². The van der Waals surface area contributed by atoms with E-state index in [9.17, 15) is 8.42 Å². The lowest BCUT2D eigenvalue weighted by Crippen LogP contribution is -2.32. The number of benzene rings is 1. The highest BCUT2D eigenvalue weighted by Gasteiger charge is 2.12. The van der Waals surface area contributed by atoms with Gasteiger partial charge in [0.15, 0.2) is 0 Å². The third-order valence-corrected chi connectivity index (χ3v) is 4.15. The minimum atomic E-state index is -2.95. The van der Waals surface area contributed by atoms with Crippen LogP contribution >= 0.6 is 0 Å². The molecule has 0 radical (unpaired) electrons. The Labute approximate surface area is 113 Å². The van der Waals surface area contributed by atoms with Crippen LogP contribution in [-0.2, 0) is 23.4 Å². The number of hydrogen-bond acceptors (Lipinski definition) is 4. The monoisotopic (exact) mass is 281 g/mol. The molecule has 0 aliphatic carbocycles. The minimum absolute atomic E-state index is 0.0881. The molecule has 0 aliphatic rings. The van der Waals surface area contributed by atoms with Crippen LogP contribution in [-0.4, -0.2) is 36.0 Å². The van der Waals surface area contributed by atoms with Gasteiger partial charge in [0.2, 0.25) is 0 Å². The predicted molar refractivity (Wildman–Crippen MR) is 76.7 cm³/mol. The summed E-state index contributed by atoms with van der Waals surface area (Å²) in [6.07, 6.45) is 1.25. The number of hydrogen-bond donors (Lipinski definition) is 1. The van der Waals surface area contributed by atoms with E-state index in [-0.39, 0.29) is 11.8 Å². The van der Waals surface area contributed by atoms with Crippen LogP contribution in [0.25, 0.3) is 11.0 Å². The molecule has 1 aromatic heterocycles. The van der Waals surface area contributed by atoms with E-state index < -0.39 is 9.84 Å². The summed E-state index contributed by atoms with van der Waals surface area (Å²) < 4.78 is 24.4. The molecule has 1 atom stereocenters. The lowest BCUT2D eigenvalue weighted by molar-refractivity contribution is 0.546. The van der Waals surface area contributed by atoms with Crippen molar-refractivity contribution in [2.24, 2.45) is 7.05 Å². The van der Waals surface area contributed by atoms with Gasteiger partial charge in [0.25, 0.3) is 0 Å². The maximum absolute atomic E-state index is 11.2. The summed E-state index contributed by atoms with van der Waals surface area (Å²) in [5.41, 5.74) is 2.03. The molecule has 19 heavy (non-hydrogen) atoms. The third kappa shape index (κ3) is 3.54. The topological polar surface area (TPSA) is 64.0 Å². The fraction of sp³-hybridized carbons (Fsp3) is 0.462. The molecule has 5 nitrogen and oxygen atoms in total. The van der Waals surface area contributed by atoms with Crippen LogP contribution in [0.1, 0.15) is 12.7 Å². The van der Waals surface area contributed by atoms with Crippen LogP contribution in [0.4, 0.5) is 0 Å². The zero-order chi connectivity index (χ0) is 14.0. The molecule has 0 spiro atoms. The standard InChI is InChI=1S/C13H19N3O2S/c1-10(9-19(3,17)18)14-8-13-15-11-6-4-5-7-12(11)16(13)2/h4-7,10,14H,8-9H2,1-3H3. The van der Waals surface area contributed by atoms with Gasteiger partial charge in [-0.15, -0.1) is 0 Å². The second-order valence-corrected chi connectivity index (χ2v) is 7.13. The zero-order valence-corrected chi connectivity index (χ0v) is 12.2. The maximum Gasteiger partial charge on any atom is 0.148 e. The first-order valence-corrected chi connectivity index (χ1v) is 8.24. The normalized spacial score (nSPS) is 13.8. The second-order valence-electron chi connectivity index (χ2n) is 4.95. The molecule has 1 unspecified atom stereocenters. The molecule has 0 fully saturated rings. The highest BCUT2D eigenvalue weighted by atomic mass is 32.2. The lowest BCUT2D eigenvalue weighted by atomic mass is 10.3. The Morgan fingerprint density at radius 3 is 2.68 bits per heavy atom. The molecule has 1 N–H and O–H groups in total. The highest BCUT2D eigenvalue weighted by molar-refractivity contribution is 7.90. The average Bonchev–Trinajstić information content (AvgIpc) is 2.62. The molecule has 2 aromatic rings. The number of nitrogens with one attached hydrogen (secondary N) is 1. The van der Waals surface area contributed by atoms with E-state index in [1.807, 2.05) is 42.8 Å². The van der Waals surface area contributed by atoms with Crippen molar-refractivity contribution >= 4 is 20.9 Å². The Morgan fingerprint density at radius 1 is 1.37 bits per heavy atom. The molecule has 0 bridgehead atoms. The molecular weight excluding hydrogens is 262 g/mol. The average molecular weight is 281 g/mol. The van der Waals surface area contributed by atoms with Crippen molar-refractivity contribution < 1.29 is 8.42 Å². The number of rotatable bonds is 5. The maximum atomic E-state index is 11.2. The van der Waals surface area contributed by atoms with Gasteiger partial charge < -0.3 is 9.88 Å². The minimum Gasteiger partial charge on any atom is -0.330 e. The Kier molecular flexibility index (Phi) is 3.91. The molecule has 2 rings (SSSR count). The van der Waals surface area contributed by atoms with Crippen LogP contribution in [0, 0.1) is 0 Å². The van der Waals surface area contributed by atoms with Gasteiger partial charge in [0.1, 0.15) is 15.7 Å². The van der Waals surface area contributed by atoms with Gasteiger partial charge in [0.05, 0.1) is 23.3 Å². The Morgan fingerprint density at radius 2 is 2.05 bits per heavy atom. The van der Waals surface area contributed by atoms with E-state index in [1.54, 1.807) is 0 Å². The number of aromatic nitrogens is 2. The summed E-state index contributed by atoms with van der Waals surface area (Å²) in [7, 11) is -0.986. The predicted octanol–water partition coefficient (Wildman–Crippen LogP) is 1.10. The summed E-state index contributed by atoms with van der Waals surface area (Å²) >= 11 is 0. The SMILES string of the molecule is CC(CS(C)(=O)=O)NCc1nc2ccccc2n1C. The van der Waals surface area contributed by atoms with E-state index in [0.29, 0.717) is 6.54 Å². The molecule has 1 aromatic carbocycles.